The number of cyclic esters (lactones) is 1. The molecular formula is C22H20O7. The maximum absolute atomic E-state index is 13.1. The SMILES string of the molecule is COC1=C(c2ccc(OC)c(OC)c2)C(=O)/C(=C/c2ccc(OC)cc2)OC1=O. The molecule has 0 saturated heterocycles. The van der Waals surface area contributed by atoms with Gasteiger partial charge in [0.1, 0.15) is 5.75 Å². The van der Waals surface area contributed by atoms with Gasteiger partial charge in [0.05, 0.1) is 34.0 Å². The van der Waals surface area contributed by atoms with Crippen LogP contribution in [0.5, 0.6) is 17.2 Å². The summed E-state index contributed by atoms with van der Waals surface area (Å²) in [5, 5.41) is 0. The summed E-state index contributed by atoms with van der Waals surface area (Å²) >= 11 is 0. The van der Waals surface area contributed by atoms with Crippen molar-refractivity contribution in [1.29, 1.82) is 0 Å². The van der Waals surface area contributed by atoms with Gasteiger partial charge < -0.3 is 23.7 Å². The molecule has 2 aromatic rings. The normalized spacial score (nSPS) is 15.2. The maximum atomic E-state index is 13.1. The molecule has 7 nitrogen and oxygen atoms in total. The largest absolute Gasteiger partial charge is 0.497 e. The first kappa shape index (κ1) is 20.0. The van der Waals surface area contributed by atoms with E-state index in [0.717, 1.165) is 0 Å². The minimum absolute atomic E-state index is 0.0875. The number of hydrogen-bond acceptors (Lipinski definition) is 7. The lowest BCUT2D eigenvalue weighted by Crippen LogP contribution is -2.24. The summed E-state index contributed by atoms with van der Waals surface area (Å²) in [6.07, 6.45) is 1.49. The Morgan fingerprint density at radius 2 is 1.48 bits per heavy atom. The summed E-state index contributed by atoms with van der Waals surface area (Å²) in [6.45, 7) is 0. The summed E-state index contributed by atoms with van der Waals surface area (Å²) in [5.41, 5.74) is 1.21. The first-order valence-corrected chi connectivity index (χ1v) is 8.65. The van der Waals surface area contributed by atoms with E-state index in [0.29, 0.717) is 28.4 Å². The molecule has 0 atom stereocenters. The van der Waals surface area contributed by atoms with Crippen molar-refractivity contribution >= 4 is 23.4 Å². The lowest BCUT2D eigenvalue weighted by molar-refractivity contribution is -0.142. The summed E-state index contributed by atoms with van der Waals surface area (Å²) in [6, 6.07) is 11.9. The molecule has 0 radical (unpaired) electrons. The van der Waals surface area contributed by atoms with Gasteiger partial charge >= 0.3 is 5.97 Å². The highest BCUT2D eigenvalue weighted by Gasteiger charge is 2.35. The number of allylic oxidation sites excluding steroid dienone is 1. The van der Waals surface area contributed by atoms with Crippen LogP contribution in [0.2, 0.25) is 0 Å². The van der Waals surface area contributed by atoms with Gasteiger partial charge in [-0.2, -0.15) is 0 Å². The second-order valence-corrected chi connectivity index (χ2v) is 5.98. The fourth-order valence-electron chi connectivity index (χ4n) is 2.91. The van der Waals surface area contributed by atoms with Crippen molar-refractivity contribution < 1.29 is 33.3 Å². The topological polar surface area (TPSA) is 80.3 Å². The smallest absolute Gasteiger partial charge is 0.379 e. The van der Waals surface area contributed by atoms with E-state index in [1.807, 2.05) is 0 Å². The van der Waals surface area contributed by atoms with E-state index in [2.05, 4.69) is 0 Å². The number of methoxy groups -OCH3 is 4. The standard InChI is InChI=1S/C22H20O7/c1-25-15-8-5-13(6-9-15)11-18-20(23)19(21(28-4)22(24)29-18)14-7-10-16(26-2)17(12-14)27-3/h5-12H,1-4H3/b18-11-. The zero-order valence-electron chi connectivity index (χ0n) is 16.5. The Kier molecular flexibility index (Phi) is 5.87. The summed E-state index contributed by atoms with van der Waals surface area (Å²) in [5.74, 6) is 0.0729. The monoisotopic (exact) mass is 396 g/mol. The third-order valence-corrected chi connectivity index (χ3v) is 4.36. The molecule has 0 aromatic heterocycles. The van der Waals surface area contributed by atoms with Crippen LogP contribution < -0.4 is 14.2 Å². The van der Waals surface area contributed by atoms with Crippen LogP contribution in [0.4, 0.5) is 0 Å². The second-order valence-electron chi connectivity index (χ2n) is 5.98. The van der Waals surface area contributed by atoms with Crippen LogP contribution in [0, 0.1) is 0 Å². The zero-order valence-corrected chi connectivity index (χ0v) is 16.5. The molecule has 0 N–H and O–H groups in total. The molecule has 7 heteroatoms. The molecule has 3 rings (SSSR count). The van der Waals surface area contributed by atoms with Gasteiger partial charge in [-0.1, -0.05) is 18.2 Å². The van der Waals surface area contributed by atoms with Crippen molar-refractivity contribution in [3.8, 4) is 17.2 Å². The first-order chi connectivity index (χ1) is 14.0. The third kappa shape index (κ3) is 3.94. The van der Waals surface area contributed by atoms with Crippen molar-refractivity contribution in [3.63, 3.8) is 0 Å². The fraction of sp³-hybridized carbons (Fsp3) is 0.182. The summed E-state index contributed by atoms with van der Waals surface area (Å²) < 4.78 is 26.0. The molecule has 0 saturated carbocycles. The van der Waals surface area contributed by atoms with Crippen LogP contribution in [-0.4, -0.2) is 40.2 Å². The van der Waals surface area contributed by atoms with Crippen LogP contribution in [0.15, 0.2) is 54.0 Å². The highest BCUT2D eigenvalue weighted by Crippen LogP contribution is 2.35. The third-order valence-electron chi connectivity index (χ3n) is 4.36. The average Bonchev–Trinajstić information content (AvgIpc) is 2.75. The minimum Gasteiger partial charge on any atom is -0.497 e. The quantitative estimate of drug-likeness (QED) is 0.548. The molecule has 0 unspecified atom stereocenters. The second kappa shape index (κ2) is 8.52. The summed E-state index contributed by atoms with van der Waals surface area (Å²) in [4.78, 5) is 25.6. The number of ketones is 1. The van der Waals surface area contributed by atoms with Gasteiger partial charge in [0.25, 0.3) is 0 Å². The molecule has 1 aliphatic rings. The van der Waals surface area contributed by atoms with Gasteiger partial charge in [-0.15, -0.1) is 0 Å². The number of carbonyl (C=O) groups is 2. The first-order valence-electron chi connectivity index (χ1n) is 8.65. The molecule has 0 spiro atoms. The van der Waals surface area contributed by atoms with Crippen molar-refractivity contribution in [2.75, 3.05) is 28.4 Å². The maximum Gasteiger partial charge on any atom is 0.379 e. The fourth-order valence-corrected chi connectivity index (χ4v) is 2.91. The van der Waals surface area contributed by atoms with E-state index in [1.54, 1.807) is 49.6 Å². The predicted octanol–water partition coefficient (Wildman–Crippen LogP) is 3.24. The molecular weight excluding hydrogens is 376 g/mol. The molecule has 0 fully saturated rings. The van der Waals surface area contributed by atoms with Crippen LogP contribution in [0.3, 0.4) is 0 Å². The minimum atomic E-state index is -0.753. The van der Waals surface area contributed by atoms with Crippen LogP contribution >= 0.6 is 0 Å². The number of rotatable bonds is 6. The van der Waals surface area contributed by atoms with Crippen LogP contribution in [-0.2, 0) is 19.1 Å². The Morgan fingerprint density at radius 3 is 2.07 bits per heavy atom. The molecule has 29 heavy (non-hydrogen) atoms. The van der Waals surface area contributed by atoms with Crippen LogP contribution in [0.25, 0.3) is 11.6 Å². The molecule has 2 aromatic carbocycles. The highest BCUT2D eigenvalue weighted by molar-refractivity contribution is 6.35. The van der Waals surface area contributed by atoms with Gasteiger partial charge in [-0.05, 0) is 41.5 Å². The van der Waals surface area contributed by atoms with E-state index >= 15 is 0 Å². The number of Topliss-reactive ketones (excluding diaryl/α,β-unsaturated/α-hetero) is 1. The van der Waals surface area contributed by atoms with Crippen LogP contribution in [0.1, 0.15) is 11.1 Å². The van der Waals surface area contributed by atoms with Gasteiger partial charge in [0, 0.05) is 0 Å². The molecule has 0 bridgehead atoms. The van der Waals surface area contributed by atoms with Crippen molar-refractivity contribution in [3.05, 3.63) is 65.1 Å². The molecule has 150 valence electrons. The molecule has 1 aliphatic heterocycles. The lowest BCUT2D eigenvalue weighted by Gasteiger charge is -2.20. The van der Waals surface area contributed by atoms with E-state index in [9.17, 15) is 9.59 Å². The number of benzene rings is 2. The zero-order chi connectivity index (χ0) is 21.0. The van der Waals surface area contributed by atoms with Gasteiger partial charge in [-0.25, -0.2) is 4.79 Å². The van der Waals surface area contributed by atoms with Crippen molar-refractivity contribution in [1.82, 2.24) is 0 Å². The molecule has 0 amide bonds. The van der Waals surface area contributed by atoms with Crippen molar-refractivity contribution in [2.24, 2.45) is 0 Å². The Balaban J connectivity index is 2.07. The lowest BCUT2D eigenvalue weighted by atomic mass is 9.96. The summed E-state index contributed by atoms with van der Waals surface area (Å²) in [7, 11) is 5.87. The van der Waals surface area contributed by atoms with Crippen molar-refractivity contribution in [2.45, 2.75) is 0 Å². The predicted molar refractivity (Wildman–Crippen MR) is 106 cm³/mol. The average molecular weight is 396 g/mol. The van der Waals surface area contributed by atoms with Gasteiger partial charge in [-0.3, -0.25) is 4.79 Å². The Hall–Kier alpha value is -3.74. The van der Waals surface area contributed by atoms with E-state index < -0.39 is 11.8 Å². The van der Waals surface area contributed by atoms with E-state index in [1.165, 1.54) is 27.4 Å². The molecule has 0 aliphatic carbocycles. The number of ether oxygens (including phenoxy) is 5. The highest BCUT2D eigenvalue weighted by atomic mass is 16.6. The molecule has 1 heterocycles. The number of carbonyl (C=O) groups excluding carboxylic acids is 2. The van der Waals surface area contributed by atoms with Gasteiger partial charge in [0.15, 0.2) is 17.3 Å². The number of hydrogen-bond donors (Lipinski definition) is 0. The number of esters is 1. The van der Waals surface area contributed by atoms with Gasteiger partial charge in [0.2, 0.25) is 11.5 Å². The Morgan fingerprint density at radius 1 is 0.793 bits per heavy atom. The Labute approximate surface area is 168 Å². The van der Waals surface area contributed by atoms with E-state index in [4.69, 9.17) is 23.7 Å². The van der Waals surface area contributed by atoms with E-state index in [-0.39, 0.29) is 17.1 Å². The Bertz CT molecular complexity index is 1000.